The van der Waals surface area contributed by atoms with Gasteiger partial charge >= 0.3 is 0 Å². The molecule has 0 radical (unpaired) electrons. The van der Waals surface area contributed by atoms with Gasteiger partial charge in [0.1, 0.15) is 11.9 Å². The lowest BCUT2D eigenvalue weighted by atomic mass is 9.96. The second kappa shape index (κ2) is 12.3. The van der Waals surface area contributed by atoms with E-state index in [2.05, 4.69) is 28.6 Å². The molecule has 0 unspecified atom stereocenters. The van der Waals surface area contributed by atoms with E-state index in [1.54, 1.807) is 6.20 Å². The van der Waals surface area contributed by atoms with E-state index in [-0.39, 0.29) is 23.8 Å². The molecule has 1 aromatic heterocycles. The van der Waals surface area contributed by atoms with E-state index >= 15 is 0 Å². The van der Waals surface area contributed by atoms with Crippen LogP contribution in [-0.2, 0) is 11.2 Å². The Morgan fingerprint density at radius 1 is 1.11 bits per heavy atom. The van der Waals surface area contributed by atoms with Crippen molar-refractivity contribution < 1.29 is 9.53 Å². The number of rotatable bonds is 12. The van der Waals surface area contributed by atoms with Gasteiger partial charge in [-0.2, -0.15) is 5.26 Å². The molecule has 6 heteroatoms. The summed E-state index contributed by atoms with van der Waals surface area (Å²) in [7, 11) is 0. The monoisotopic (exact) mass is 468 g/mol. The number of ketones is 1. The normalized spacial score (nSPS) is 15.0. The minimum absolute atomic E-state index is 0.181. The fourth-order valence-corrected chi connectivity index (χ4v) is 4.12. The van der Waals surface area contributed by atoms with Crippen molar-refractivity contribution in [3.63, 3.8) is 0 Å². The second-order valence-corrected chi connectivity index (χ2v) is 9.09. The number of hydrogen-bond acceptors (Lipinski definition) is 6. The lowest BCUT2D eigenvalue weighted by molar-refractivity contribution is -0.121. The summed E-state index contributed by atoms with van der Waals surface area (Å²) in [5, 5.41) is 15.7. The Labute approximate surface area is 207 Å². The number of hydrogen-bond donors (Lipinski definition) is 2. The number of benzene rings is 2. The molecule has 35 heavy (non-hydrogen) atoms. The third-order valence-electron chi connectivity index (χ3n) is 6.39. The van der Waals surface area contributed by atoms with Crippen LogP contribution in [0, 0.1) is 11.3 Å². The van der Waals surface area contributed by atoms with Crippen LogP contribution in [0.4, 0.5) is 0 Å². The van der Waals surface area contributed by atoms with Crippen molar-refractivity contribution in [3.8, 4) is 11.8 Å². The molecule has 1 aliphatic rings. The number of nitrogens with zero attached hydrogens (tertiary/aromatic N) is 2. The number of nitriles is 1. The maximum Gasteiger partial charge on any atom is 0.154 e. The molecule has 0 amide bonds. The molecule has 1 saturated heterocycles. The number of carbonyl (C=O) groups is 1. The molecule has 2 N–H and O–H groups in total. The molecule has 1 aliphatic heterocycles. The van der Waals surface area contributed by atoms with Crippen LogP contribution in [0.5, 0.6) is 5.75 Å². The van der Waals surface area contributed by atoms with E-state index in [0.717, 1.165) is 48.5 Å². The van der Waals surface area contributed by atoms with Gasteiger partial charge in [-0.3, -0.25) is 9.78 Å². The van der Waals surface area contributed by atoms with Crippen molar-refractivity contribution in [1.29, 1.82) is 5.26 Å². The van der Waals surface area contributed by atoms with Crippen LogP contribution in [0.3, 0.4) is 0 Å². The Morgan fingerprint density at radius 2 is 1.89 bits per heavy atom. The number of carbonyl (C=O) groups excluding carboxylic acids is 1. The zero-order valence-corrected chi connectivity index (χ0v) is 20.1. The van der Waals surface area contributed by atoms with Gasteiger partial charge in [0.2, 0.25) is 0 Å². The lowest BCUT2D eigenvalue weighted by Crippen LogP contribution is -2.50. The number of nitrogens with one attached hydrogen (secondary N) is 2. The van der Waals surface area contributed by atoms with Gasteiger partial charge in [0.05, 0.1) is 23.9 Å². The third kappa shape index (κ3) is 6.98. The van der Waals surface area contributed by atoms with Crippen molar-refractivity contribution in [1.82, 2.24) is 15.6 Å². The Hall–Kier alpha value is -3.53. The Bertz CT molecular complexity index is 1120. The molecular weight excluding hydrogens is 436 g/mol. The first-order valence-electron chi connectivity index (χ1n) is 12.3. The summed E-state index contributed by atoms with van der Waals surface area (Å²) in [6.45, 7) is 4.55. The largest absolute Gasteiger partial charge is 0.486 e. The highest BCUT2D eigenvalue weighted by molar-refractivity contribution is 5.85. The van der Waals surface area contributed by atoms with Gasteiger partial charge in [0.15, 0.2) is 5.78 Å². The molecule has 6 nitrogen and oxygen atoms in total. The number of aromatic nitrogens is 1. The molecule has 1 fully saturated rings. The SMILES string of the molecule is C[C@H](CN[C@H](C(=O)CCCc1ccc(OC2CNC2)cn1)c1ccccc1)c1ccc(C#N)cc1. The fourth-order valence-electron chi connectivity index (χ4n) is 4.12. The summed E-state index contributed by atoms with van der Waals surface area (Å²) in [5.41, 5.74) is 3.74. The Kier molecular flexibility index (Phi) is 8.61. The van der Waals surface area contributed by atoms with Gasteiger partial charge in [-0.05, 0) is 54.2 Å². The fraction of sp³-hybridized carbons (Fsp3) is 0.345. The molecule has 4 rings (SSSR count). The number of ether oxygens (including phenoxy) is 1. The standard InChI is InChI=1S/C29H32N4O2/c1-21(23-12-10-22(16-30)11-13-23)17-33-29(24-6-3-2-4-7-24)28(34)9-5-8-25-14-15-26(20-32-25)35-27-18-31-19-27/h2-4,6-7,10-15,20-21,27,29,31,33H,5,8-9,17-19H2,1H3/t21-,29+/m1/s1. The third-order valence-corrected chi connectivity index (χ3v) is 6.39. The van der Waals surface area contributed by atoms with Crippen LogP contribution in [0.15, 0.2) is 72.9 Å². The van der Waals surface area contributed by atoms with Crippen LogP contribution < -0.4 is 15.4 Å². The number of aryl methyl sites for hydroxylation is 1. The van der Waals surface area contributed by atoms with E-state index in [1.165, 1.54) is 0 Å². The van der Waals surface area contributed by atoms with Crippen LogP contribution in [-0.4, -0.2) is 36.5 Å². The average Bonchev–Trinajstić information content (AvgIpc) is 2.88. The van der Waals surface area contributed by atoms with E-state index in [9.17, 15) is 4.79 Å². The Morgan fingerprint density at radius 3 is 2.51 bits per heavy atom. The van der Waals surface area contributed by atoms with Crippen LogP contribution >= 0.6 is 0 Å². The van der Waals surface area contributed by atoms with Crippen molar-refractivity contribution in [2.45, 2.75) is 44.2 Å². The molecule has 3 aromatic rings. The minimum atomic E-state index is -0.350. The van der Waals surface area contributed by atoms with Crippen molar-refractivity contribution in [2.75, 3.05) is 19.6 Å². The summed E-state index contributed by atoms with van der Waals surface area (Å²) in [6, 6.07) is 23.3. The van der Waals surface area contributed by atoms with E-state index in [4.69, 9.17) is 10.00 Å². The molecule has 0 saturated carbocycles. The lowest BCUT2D eigenvalue weighted by Gasteiger charge is -2.27. The molecule has 2 atom stereocenters. The number of pyridine rings is 1. The van der Waals surface area contributed by atoms with E-state index in [1.807, 2.05) is 66.7 Å². The Balaban J connectivity index is 1.31. The van der Waals surface area contributed by atoms with Crippen molar-refractivity contribution >= 4 is 5.78 Å². The van der Waals surface area contributed by atoms with E-state index in [0.29, 0.717) is 18.5 Å². The maximum absolute atomic E-state index is 13.2. The summed E-state index contributed by atoms with van der Waals surface area (Å²) in [6.07, 6.45) is 3.98. The summed E-state index contributed by atoms with van der Waals surface area (Å²) in [4.78, 5) is 17.7. The minimum Gasteiger partial charge on any atom is -0.486 e. The highest BCUT2D eigenvalue weighted by Crippen LogP contribution is 2.21. The van der Waals surface area contributed by atoms with E-state index < -0.39 is 0 Å². The van der Waals surface area contributed by atoms with Gasteiger partial charge in [-0.25, -0.2) is 0 Å². The molecule has 180 valence electrons. The van der Waals surface area contributed by atoms with Gasteiger partial charge in [0.25, 0.3) is 0 Å². The van der Waals surface area contributed by atoms with Gasteiger partial charge < -0.3 is 15.4 Å². The van der Waals surface area contributed by atoms with Crippen molar-refractivity contribution in [3.05, 3.63) is 95.3 Å². The zero-order valence-electron chi connectivity index (χ0n) is 20.1. The van der Waals surface area contributed by atoms with Crippen LogP contribution in [0.1, 0.15) is 54.1 Å². The predicted octanol–water partition coefficient (Wildman–Crippen LogP) is 4.33. The van der Waals surface area contributed by atoms with Gasteiger partial charge in [0, 0.05) is 31.7 Å². The highest BCUT2D eigenvalue weighted by atomic mass is 16.5. The molecule has 2 heterocycles. The summed E-state index contributed by atoms with van der Waals surface area (Å²) in [5.74, 6) is 1.18. The first kappa shape index (κ1) is 24.6. The molecule has 0 bridgehead atoms. The predicted molar refractivity (Wildman–Crippen MR) is 136 cm³/mol. The quantitative estimate of drug-likeness (QED) is 0.411. The molecule has 0 spiro atoms. The average molecular weight is 469 g/mol. The smallest absolute Gasteiger partial charge is 0.154 e. The zero-order chi connectivity index (χ0) is 24.5. The molecular formula is C29H32N4O2. The highest BCUT2D eigenvalue weighted by Gasteiger charge is 2.21. The van der Waals surface area contributed by atoms with Gasteiger partial charge in [-0.15, -0.1) is 0 Å². The second-order valence-electron chi connectivity index (χ2n) is 9.09. The van der Waals surface area contributed by atoms with Gasteiger partial charge in [-0.1, -0.05) is 49.4 Å². The van der Waals surface area contributed by atoms with Crippen molar-refractivity contribution in [2.24, 2.45) is 0 Å². The van der Waals surface area contributed by atoms with Crippen LogP contribution in [0.2, 0.25) is 0 Å². The van der Waals surface area contributed by atoms with Crippen LogP contribution in [0.25, 0.3) is 0 Å². The summed E-state index contributed by atoms with van der Waals surface area (Å²) < 4.78 is 5.82. The first-order valence-corrected chi connectivity index (χ1v) is 12.3. The number of Topliss-reactive ketones (excluding diaryl/α,β-unsaturated/α-hetero) is 1. The molecule has 2 aromatic carbocycles. The summed E-state index contributed by atoms with van der Waals surface area (Å²) >= 11 is 0. The maximum atomic E-state index is 13.2. The molecule has 0 aliphatic carbocycles. The topological polar surface area (TPSA) is 87.0 Å². The first-order chi connectivity index (χ1) is 17.1.